The molecule has 0 unspecified atom stereocenters. The van der Waals surface area contributed by atoms with Gasteiger partial charge < -0.3 is 0 Å². The van der Waals surface area contributed by atoms with Gasteiger partial charge in [0, 0.05) is 0 Å². The van der Waals surface area contributed by atoms with E-state index in [4.69, 9.17) is 0 Å². The summed E-state index contributed by atoms with van der Waals surface area (Å²) in [6, 6.07) is 0. The number of rotatable bonds is 1. The van der Waals surface area contributed by atoms with Crippen molar-refractivity contribution in [1.82, 2.24) is 0 Å². The van der Waals surface area contributed by atoms with Crippen LogP contribution in [0.5, 0.6) is 0 Å². The van der Waals surface area contributed by atoms with Gasteiger partial charge in [0.05, 0.1) is 0 Å². The summed E-state index contributed by atoms with van der Waals surface area (Å²) in [5, 5.41) is 0. The molecule has 2 rings (SSSR count). The summed E-state index contributed by atoms with van der Waals surface area (Å²) in [6.07, 6.45) is 8.36. The molecule has 0 amide bonds. The minimum atomic E-state index is 1.31. The SMILES string of the molecule is [B]1C=CC=C1C1=CC=C[B]1. The van der Waals surface area contributed by atoms with E-state index in [1.54, 1.807) is 0 Å². The molecule has 0 nitrogen and oxygen atoms in total. The van der Waals surface area contributed by atoms with Crippen molar-refractivity contribution in [3.8, 4) is 0 Å². The highest BCUT2D eigenvalue weighted by atomic mass is 13.9. The predicted octanol–water partition coefficient (Wildman–Crippen LogP) is 1.22. The maximum atomic E-state index is 2.12. The molecule has 0 aromatic carbocycles. The van der Waals surface area contributed by atoms with E-state index in [2.05, 4.69) is 50.8 Å². The van der Waals surface area contributed by atoms with Crippen LogP contribution in [-0.4, -0.2) is 14.6 Å². The molecule has 0 saturated heterocycles. The molecule has 0 aromatic heterocycles. The van der Waals surface area contributed by atoms with Crippen LogP contribution in [0.15, 0.2) is 47.2 Å². The average Bonchev–Trinajstić information content (AvgIpc) is 2.59. The second kappa shape index (κ2) is 2.37. The zero-order chi connectivity index (χ0) is 6.81. The Hall–Kier alpha value is -0.910. The number of hydrogen-bond acceptors (Lipinski definition) is 0. The quantitative estimate of drug-likeness (QED) is 0.460. The van der Waals surface area contributed by atoms with Crippen LogP contribution in [0.1, 0.15) is 0 Å². The molecule has 10 heavy (non-hydrogen) atoms. The number of allylic oxidation sites excluding steroid dienone is 6. The molecular weight excluding hydrogens is 118 g/mol. The fourth-order valence-corrected chi connectivity index (χ4v) is 1.13. The Morgan fingerprint density at radius 3 is 1.60 bits per heavy atom. The van der Waals surface area contributed by atoms with E-state index in [-0.39, 0.29) is 0 Å². The van der Waals surface area contributed by atoms with Crippen LogP contribution in [0.4, 0.5) is 0 Å². The van der Waals surface area contributed by atoms with Crippen molar-refractivity contribution in [2.75, 3.05) is 0 Å². The van der Waals surface area contributed by atoms with Crippen LogP contribution in [0.3, 0.4) is 0 Å². The zero-order valence-corrected chi connectivity index (χ0v) is 5.62. The second-order valence-electron chi connectivity index (χ2n) is 2.35. The van der Waals surface area contributed by atoms with Crippen LogP contribution in [0, 0.1) is 0 Å². The highest BCUT2D eigenvalue weighted by molar-refractivity contribution is 6.63. The van der Waals surface area contributed by atoms with Crippen molar-refractivity contribution >= 4 is 14.6 Å². The molecule has 0 saturated carbocycles. The van der Waals surface area contributed by atoms with E-state index in [1.807, 2.05) is 0 Å². The topological polar surface area (TPSA) is 0 Å². The van der Waals surface area contributed by atoms with E-state index in [1.165, 1.54) is 10.9 Å². The number of hydrogen-bond donors (Lipinski definition) is 0. The second-order valence-corrected chi connectivity index (χ2v) is 2.35. The monoisotopic (exact) mass is 124 g/mol. The van der Waals surface area contributed by atoms with Crippen molar-refractivity contribution in [1.29, 1.82) is 0 Å². The van der Waals surface area contributed by atoms with Crippen LogP contribution in [-0.2, 0) is 0 Å². The van der Waals surface area contributed by atoms with Gasteiger partial charge in [0.2, 0.25) is 0 Å². The Morgan fingerprint density at radius 2 is 1.30 bits per heavy atom. The van der Waals surface area contributed by atoms with Crippen molar-refractivity contribution < 1.29 is 0 Å². The largest absolute Gasteiger partial charge is 0.180 e. The lowest BCUT2D eigenvalue weighted by atomic mass is 9.58. The van der Waals surface area contributed by atoms with Gasteiger partial charge in [-0.05, 0) is 0 Å². The summed E-state index contributed by atoms with van der Waals surface area (Å²) in [6.45, 7) is 0. The van der Waals surface area contributed by atoms with Gasteiger partial charge in [-0.3, -0.25) is 0 Å². The van der Waals surface area contributed by atoms with Crippen molar-refractivity contribution in [2.45, 2.75) is 0 Å². The summed E-state index contributed by atoms with van der Waals surface area (Å²) >= 11 is 0. The summed E-state index contributed by atoms with van der Waals surface area (Å²) in [5.41, 5.74) is 2.62. The van der Waals surface area contributed by atoms with E-state index in [0.717, 1.165) is 0 Å². The summed E-state index contributed by atoms with van der Waals surface area (Å²) in [7, 11) is 4.24. The molecule has 0 aromatic rings. The van der Waals surface area contributed by atoms with Crippen molar-refractivity contribution in [3.05, 3.63) is 47.2 Å². The Balaban J connectivity index is 2.15. The van der Waals surface area contributed by atoms with E-state index >= 15 is 0 Å². The first-order valence-electron chi connectivity index (χ1n) is 3.40. The first-order chi connectivity index (χ1) is 4.97. The van der Waals surface area contributed by atoms with E-state index in [0.29, 0.717) is 0 Å². The minimum absolute atomic E-state index is 1.31. The average molecular weight is 124 g/mol. The van der Waals surface area contributed by atoms with Gasteiger partial charge in [-0.15, -0.1) is 12.0 Å². The lowest BCUT2D eigenvalue weighted by Gasteiger charge is -1.98. The lowest BCUT2D eigenvalue weighted by Crippen LogP contribution is -1.97. The molecule has 0 spiro atoms. The fourth-order valence-electron chi connectivity index (χ4n) is 1.13. The maximum absolute atomic E-state index is 2.12. The van der Waals surface area contributed by atoms with Gasteiger partial charge in [-0.1, -0.05) is 35.2 Å². The van der Waals surface area contributed by atoms with Gasteiger partial charge in [0.15, 0.2) is 14.6 Å². The highest BCUT2D eigenvalue weighted by Gasteiger charge is 2.08. The third-order valence-corrected chi connectivity index (χ3v) is 1.66. The maximum Gasteiger partial charge on any atom is 0.180 e. The van der Waals surface area contributed by atoms with Crippen molar-refractivity contribution in [2.24, 2.45) is 0 Å². The molecular formula is C8H6B2. The Kier molecular flexibility index (Phi) is 1.39. The standard InChI is InChI=1S/C8H6B2/c1-3-7(9-5-1)8-4-2-6-10-8/h1-6H. The van der Waals surface area contributed by atoms with Crippen LogP contribution in [0.25, 0.3) is 0 Å². The highest BCUT2D eigenvalue weighted by Crippen LogP contribution is 2.15. The summed E-state index contributed by atoms with van der Waals surface area (Å²) in [4.78, 5) is 0. The Morgan fingerprint density at radius 1 is 0.800 bits per heavy atom. The lowest BCUT2D eigenvalue weighted by molar-refractivity contribution is 1.81. The molecule has 44 valence electrons. The van der Waals surface area contributed by atoms with Crippen molar-refractivity contribution in [3.63, 3.8) is 0 Å². The van der Waals surface area contributed by atoms with Gasteiger partial charge in [0.1, 0.15) is 0 Å². The van der Waals surface area contributed by atoms with Crippen LogP contribution in [0.2, 0.25) is 0 Å². The first-order valence-corrected chi connectivity index (χ1v) is 3.40. The third kappa shape index (κ3) is 0.900. The molecule has 0 aliphatic carbocycles. The molecule has 0 fully saturated rings. The molecule has 2 aliphatic rings. The summed E-state index contributed by atoms with van der Waals surface area (Å²) in [5.74, 6) is 4.12. The molecule has 2 radical (unpaired) electrons. The molecule has 2 heteroatoms. The van der Waals surface area contributed by atoms with E-state index in [9.17, 15) is 0 Å². The normalized spacial score (nSPS) is 20.0. The Bertz CT molecular complexity index is 228. The van der Waals surface area contributed by atoms with Gasteiger partial charge >= 0.3 is 0 Å². The fraction of sp³-hybridized carbons (Fsp3) is 0. The first kappa shape index (κ1) is 5.84. The van der Waals surface area contributed by atoms with Crippen LogP contribution >= 0.6 is 0 Å². The molecule has 2 aliphatic heterocycles. The zero-order valence-electron chi connectivity index (χ0n) is 5.62. The van der Waals surface area contributed by atoms with Gasteiger partial charge in [0.25, 0.3) is 0 Å². The smallest absolute Gasteiger partial charge is 0.116 e. The predicted molar refractivity (Wildman–Crippen MR) is 46.0 cm³/mol. The Labute approximate surface area is 62.5 Å². The summed E-state index contributed by atoms with van der Waals surface area (Å²) < 4.78 is 0. The molecule has 0 N–H and O–H groups in total. The van der Waals surface area contributed by atoms with Crippen LogP contribution < -0.4 is 0 Å². The van der Waals surface area contributed by atoms with E-state index < -0.39 is 0 Å². The van der Waals surface area contributed by atoms with Gasteiger partial charge in [-0.25, -0.2) is 0 Å². The van der Waals surface area contributed by atoms with Gasteiger partial charge in [-0.2, -0.15) is 0 Å². The molecule has 0 bridgehead atoms. The third-order valence-electron chi connectivity index (χ3n) is 1.66. The molecule has 0 atom stereocenters. The minimum Gasteiger partial charge on any atom is -0.116 e. The molecule has 2 heterocycles.